The average Bonchev–Trinajstić information content (AvgIpc) is 3.13. The van der Waals surface area contributed by atoms with Crippen LogP contribution in [0.4, 0.5) is 0 Å². The monoisotopic (exact) mass is 333 g/mol. The van der Waals surface area contributed by atoms with E-state index < -0.39 is 6.04 Å². The van der Waals surface area contributed by atoms with Crippen LogP contribution in [0.5, 0.6) is 0 Å². The van der Waals surface area contributed by atoms with Crippen molar-refractivity contribution in [1.82, 2.24) is 15.2 Å². The Labute approximate surface area is 138 Å². The van der Waals surface area contributed by atoms with Gasteiger partial charge in [0.2, 0.25) is 17.7 Å². The topological polar surface area (TPSA) is 75.4 Å². The first-order valence-electron chi connectivity index (χ1n) is 7.63. The predicted octanol–water partition coefficient (Wildman–Crippen LogP) is 1.99. The summed E-state index contributed by atoms with van der Waals surface area (Å²) in [4.78, 5) is 31.5. The van der Waals surface area contributed by atoms with Gasteiger partial charge in [0.25, 0.3) is 0 Å². The number of carbonyl (C=O) groups excluding carboxylic acids is 2. The van der Waals surface area contributed by atoms with E-state index in [0.717, 1.165) is 11.3 Å². The van der Waals surface area contributed by atoms with Crippen LogP contribution in [0.25, 0.3) is 10.8 Å². The number of hydrogen-bond acceptors (Lipinski definition) is 5. The van der Waals surface area contributed by atoms with Crippen molar-refractivity contribution in [2.75, 3.05) is 13.1 Å². The van der Waals surface area contributed by atoms with E-state index in [1.165, 1.54) is 0 Å². The second-order valence-electron chi connectivity index (χ2n) is 5.58. The predicted molar refractivity (Wildman–Crippen MR) is 87.1 cm³/mol. The summed E-state index contributed by atoms with van der Waals surface area (Å²) in [6, 6.07) is 3.42. The smallest absolute Gasteiger partial charge is 0.242 e. The first-order valence-corrected chi connectivity index (χ1v) is 8.51. The first kappa shape index (κ1) is 15.7. The Morgan fingerprint density at radius 1 is 1.57 bits per heavy atom. The summed E-state index contributed by atoms with van der Waals surface area (Å²) in [5, 5.41) is 4.77. The summed E-state index contributed by atoms with van der Waals surface area (Å²) in [6.45, 7) is 4.75. The Bertz CT molecular complexity index is 708. The van der Waals surface area contributed by atoms with E-state index in [9.17, 15) is 9.59 Å². The second kappa shape index (κ2) is 6.54. The lowest BCUT2D eigenvalue weighted by atomic mass is 10.2. The highest BCUT2D eigenvalue weighted by Crippen LogP contribution is 2.26. The van der Waals surface area contributed by atoms with Gasteiger partial charge in [0.05, 0.1) is 17.0 Å². The molecule has 3 heterocycles. The molecule has 2 aromatic rings. The van der Waals surface area contributed by atoms with Gasteiger partial charge in [-0.25, -0.2) is 4.98 Å². The number of thiophene rings is 1. The Morgan fingerprint density at radius 3 is 3.13 bits per heavy atom. The summed E-state index contributed by atoms with van der Waals surface area (Å²) < 4.78 is 5.67. The molecule has 0 spiro atoms. The molecule has 0 saturated carbocycles. The van der Waals surface area contributed by atoms with Crippen molar-refractivity contribution in [3.8, 4) is 10.8 Å². The van der Waals surface area contributed by atoms with Crippen LogP contribution in [-0.2, 0) is 16.0 Å². The molecule has 6 nitrogen and oxygen atoms in total. The van der Waals surface area contributed by atoms with Crippen molar-refractivity contribution in [1.29, 1.82) is 0 Å². The molecular weight excluding hydrogens is 314 g/mol. The normalized spacial score (nSPS) is 18.6. The van der Waals surface area contributed by atoms with Gasteiger partial charge < -0.3 is 14.6 Å². The fourth-order valence-corrected chi connectivity index (χ4v) is 3.28. The number of nitrogens with one attached hydrogen (secondary N) is 1. The van der Waals surface area contributed by atoms with Crippen LogP contribution in [0.15, 0.2) is 21.9 Å². The van der Waals surface area contributed by atoms with Crippen LogP contribution in [0.2, 0.25) is 0 Å². The van der Waals surface area contributed by atoms with Crippen LogP contribution in [0.3, 0.4) is 0 Å². The molecule has 0 radical (unpaired) electrons. The van der Waals surface area contributed by atoms with Gasteiger partial charge in [0, 0.05) is 13.1 Å². The average molecular weight is 333 g/mol. The summed E-state index contributed by atoms with van der Waals surface area (Å²) in [6.07, 6.45) is 0.915. The van der Waals surface area contributed by atoms with Gasteiger partial charge in [-0.15, -0.1) is 11.3 Å². The molecule has 2 amide bonds. The van der Waals surface area contributed by atoms with Crippen LogP contribution in [-0.4, -0.2) is 40.8 Å². The van der Waals surface area contributed by atoms with E-state index in [0.29, 0.717) is 30.4 Å². The standard InChI is InChI=1S/C16H19N3O3S/c1-10-15(21)17-6-4-7-19(10)14(20)9-12-11(2)22-16(18-12)13-5-3-8-23-13/h3,5,8,10H,4,6-7,9H2,1-2H3,(H,17,21)/t10-/m0/s1. The van der Waals surface area contributed by atoms with Crippen molar-refractivity contribution >= 4 is 23.2 Å². The zero-order chi connectivity index (χ0) is 16.4. The van der Waals surface area contributed by atoms with E-state index in [2.05, 4.69) is 10.3 Å². The highest BCUT2D eigenvalue weighted by atomic mass is 32.1. The Kier molecular flexibility index (Phi) is 4.47. The quantitative estimate of drug-likeness (QED) is 0.932. The highest BCUT2D eigenvalue weighted by molar-refractivity contribution is 7.13. The molecule has 1 N–H and O–H groups in total. The Hall–Kier alpha value is -2.15. The van der Waals surface area contributed by atoms with E-state index in [4.69, 9.17) is 4.42 Å². The number of oxazole rings is 1. The van der Waals surface area contributed by atoms with Crippen molar-refractivity contribution < 1.29 is 14.0 Å². The molecular formula is C16H19N3O3S. The molecule has 1 saturated heterocycles. The fourth-order valence-electron chi connectivity index (χ4n) is 2.63. The highest BCUT2D eigenvalue weighted by Gasteiger charge is 2.28. The van der Waals surface area contributed by atoms with Gasteiger partial charge in [-0.2, -0.15) is 0 Å². The molecule has 0 bridgehead atoms. The second-order valence-corrected chi connectivity index (χ2v) is 6.53. The summed E-state index contributed by atoms with van der Waals surface area (Å²) in [5.74, 6) is 0.992. The van der Waals surface area contributed by atoms with Gasteiger partial charge in [0.15, 0.2) is 0 Å². The van der Waals surface area contributed by atoms with E-state index in [1.807, 2.05) is 24.4 Å². The van der Waals surface area contributed by atoms with E-state index >= 15 is 0 Å². The fraction of sp³-hybridized carbons (Fsp3) is 0.438. The first-order chi connectivity index (χ1) is 11.1. The van der Waals surface area contributed by atoms with Gasteiger partial charge in [-0.3, -0.25) is 9.59 Å². The molecule has 2 aromatic heterocycles. The van der Waals surface area contributed by atoms with E-state index in [-0.39, 0.29) is 18.2 Å². The molecule has 0 aliphatic carbocycles. The lowest BCUT2D eigenvalue weighted by molar-refractivity contribution is -0.138. The minimum atomic E-state index is -0.450. The number of hydrogen-bond donors (Lipinski definition) is 1. The summed E-state index contributed by atoms with van der Waals surface area (Å²) in [5.41, 5.74) is 0.634. The maximum Gasteiger partial charge on any atom is 0.242 e. The maximum absolute atomic E-state index is 12.6. The molecule has 1 fully saturated rings. The Morgan fingerprint density at radius 2 is 2.39 bits per heavy atom. The van der Waals surface area contributed by atoms with Crippen molar-refractivity contribution in [3.05, 3.63) is 29.0 Å². The number of amides is 2. The van der Waals surface area contributed by atoms with Gasteiger partial charge in [-0.05, 0) is 31.7 Å². The largest absolute Gasteiger partial charge is 0.440 e. The van der Waals surface area contributed by atoms with Crippen LogP contribution >= 0.6 is 11.3 Å². The number of aromatic nitrogens is 1. The molecule has 3 rings (SSSR count). The molecule has 1 atom stereocenters. The molecule has 0 aromatic carbocycles. The van der Waals surface area contributed by atoms with Crippen molar-refractivity contribution in [2.24, 2.45) is 0 Å². The molecule has 122 valence electrons. The number of carbonyl (C=O) groups is 2. The van der Waals surface area contributed by atoms with Crippen LogP contribution in [0, 0.1) is 6.92 Å². The SMILES string of the molecule is Cc1oc(-c2cccs2)nc1CC(=O)N1CCCNC(=O)[C@@H]1C. The van der Waals surface area contributed by atoms with Gasteiger partial charge in [0.1, 0.15) is 11.8 Å². The van der Waals surface area contributed by atoms with Crippen LogP contribution < -0.4 is 5.32 Å². The third-order valence-electron chi connectivity index (χ3n) is 3.99. The van der Waals surface area contributed by atoms with Crippen molar-refractivity contribution in [2.45, 2.75) is 32.7 Å². The van der Waals surface area contributed by atoms with Gasteiger partial charge in [-0.1, -0.05) is 6.07 Å². The number of nitrogens with zero attached hydrogens (tertiary/aromatic N) is 2. The zero-order valence-electron chi connectivity index (χ0n) is 13.2. The van der Waals surface area contributed by atoms with Gasteiger partial charge >= 0.3 is 0 Å². The maximum atomic E-state index is 12.6. The van der Waals surface area contributed by atoms with Crippen molar-refractivity contribution in [3.63, 3.8) is 0 Å². The summed E-state index contributed by atoms with van der Waals surface area (Å²) >= 11 is 1.54. The number of aryl methyl sites for hydroxylation is 1. The van der Waals surface area contributed by atoms with Crippen LogP contribution in [0.1, 0.15) is 24.8 Å². The molecule has 23 heavy (non-hydrogen) atoms. The lowest BCUT2D eigenvalue weighted by Gasteiger charge is -2.25. The minimum Gasteiger partial charge on any atom is -0.440 e. The van der Waals surface area contributed by atoms with E-state index in [1.54, 1.807) is 23.2 Å². The molecule has 1 aliphatic heterocycles. The third-order valence-corrected chi connectivity index (χ3v) is 4.84. The Balaban J connectivity index is 1.76. The number of rotatable bonds is 3. The molecule has 0 unspecified atom stereocenters. The lowest BCUT2D eigenvalue weighted by Crippen LogP contribution is -2.45. The summed E-state index contributed by atoms with van der Waals surface area (Å²) in [7, 11) is 0. The zero-order valence-corrected chi connectivity index (χ0v) is 14.0. The minimum absolute atomic E-state index is 0.0938. The molecule has 7 heteroatoms. The third kappa shape index (κ3) is 3.29. The molecule has 1 aliphatic rings.